The standard InChI is InChI=1S/C7H11BrO.C2H4/c8-6-4-2-1-3-5-7(6)9;1-2/h6H,1-5H2;1-2H2. The van der Waals surface area contributed by atoms with Gasteiger partial charge in [0.15, 0.2) is 0 Å². The first-order chi connectivity index (χ1) is 5.30. The third-order valence-corrected chi connectivity index (χ3v) is 2.70. The molecule has 0 saturated heterocycles. The van der Waals surface area contributed by atoms with E-state index < -0.39 is 0 Å². The zero-order valence-corrected chi connectivity index (χ0v) is 8.40. The average molecular weight is 219 g/mol. The van der Waals surface area contributed by atoms with E-state index in [0.29, 0.717) is 5.78 Å². The molecule has 0 aromatic rings. The molecule has 0 radical (unpaired) electrons. The van der Waals surface area contributed by atoms with Crippen LogP contribution >= 0.6 is 15.9 Å². The van der Waals surface area contributed by atoms with Gasteiger partial charge in [0.05, 0.1) is 4.83 Å². The Kier molecular flexibility index (Phi) is 6.52. The number of ketones is 1. The molecule has 0 amide bonds. The Morgan fingerprint density at radius 1 is 1.27 bits per heavy atom. The number of carbonyl (C=O) groups is 1. The molecule has 1 aliphatic rings. The van der Waals surface area contributed by atoms with Gasteiger partial charge in [-0.15, -0.1) is 13.2 Å². The summed E-state index contributed by atoms with van der Waals surface area (Å²) in [5.74, 6) is 0.396. The van der Waals surface area contributed by atoms with Crippen LogP contribution in [-0.2, 0) is 4.79 Å². The molecule has 0 aliphatic heterocycles. The number of hydrogen-bond acceptors (Lipinski definition) is 1. The molecule has 1 aliphatic carbocycles. The second-order valence-electron chi connectivity index (χ2n) is 2.53. The summed E-state index contributed by atoms with van der Waals surface area (Å²) >= 11 is 3.35. The van der Waals surface area contributed by atoms with Crippen LogP contribution in [-0.4, -0.2) is 10.6 Å². The molecule has 11 heavy (non-hydrogen) atoms. The minimum atomic E-state index is 0.167. The lowest BCUT2D eigenvalue weighted by atomic mass is 10.2. The van der Waals surface area contributed by atoms with E-state index in [1.54, 1.807) is 0 Å². The Balaban J connectivity index is 0.000000461. The molecular formula is C9H15BrO. The summed E-state index contributed by atoms with van der Waals surface area (Å²) in [7, 11) is 0. The molecule has 1 rings (SSSR count). The highest BCUT2D eigenvalue weighted by molar-refractivity contribution is 9.10. The first-order valence-electron chi connectivity index (χ1n) is 3.97. The zero-order chi connectivity index (χ0) is 8.69. The molecule has 1 unspecified atom stereocenters. The minimum Gasteiger partial charge on any atom is -0.298 e. The van der Waals surface area contributed by atoms with Gasteiger partial charge in [0.25, 0.3) is 0 Å². The van der Waals surface area contributed by atoms with E-state index in [-0.39, 0.29) is 4.83 Å². The molecule has 1 atom stereocenters. The molecule has 0 N–H and O–H groups in total. The Morgan fingerprint density at radius 3 is 2.55 bits per heavy atom. The summed E-state index contributed by atoms with van der Waals surface area (Å²) in [6.07, 6.45) is 5.37. The first-order valence-corrected chi connectivity index (χ1v) is 4.89. The molecule has 1 nitrogen and oxygen atoms in total. The van der Waals surface area contributed by atoms with Gasteiger partial charge in [-0.1, -0.05) is 28.8 Å². The van der Waals surface area contributed by atoms with Crippen molar-refractivity contribution < 1.29 is 4.79 Å². The molecule has 1 fully saturated rings. The maximum Gasteiger partial charge on any atom is 0.146 e. The molecule has 0 aromatic carbocycles. The van der Waals surface area contributed by atoms with Crippen LogP contribution in [0.25, 0.3) is 0 Å². The van der Waals surface area contributed by atoms with Gasteiger partial charge in [0.2, 0.25) is 0 Å². The molecule has 2 heteroatoms. The molecule has 64 valence electrons. The van der Waals surface area contributed by atoms with Gasteiger partial charge in [-0.2, -0.15) is 0 Å². The molecule has 0 heterocycles. The summed E-state index contributed by atoms with van der Waals surface area (Å²) in [5, 5.41) is 0. The largest absolute Gasteiger partial charge is 0.298 e. The van der Waals surface area contributed by atoms with Crippen LogP contribution in [0.15, 0.2) is 13.2 Å². The topological polar surface area (TPSA) is 17.1 Å². The van der Waals surface area contributed by atoms with Gasteiger partial charge in [0, 0.05) is 6.42 Å². The van der Waals surface area contributed by atoms with Gasteiger partial charge in [0.1, 0.15) is 5.78 Å². The van der Waals surface area contributed by atoms with Gasteiger partial charge >= 0.3 is 0 Å². The minimum absolute atomic E-state index is 0.167. The highest BCUT2D eigenvalue weighted by Gasteiger charge is 2.16. The predicted octanol–water partition coefficient (Wildman–Crippen LogP) is 3.09. The number of hydrogen-bond donors (Lipinski definition) is 0. The smallest absolute Gasteiger partial charge is 0.146 e. The third kappa shape index (κ3) is 4.35. The summed E-state index contributed by atoms with van der Waals surface area (Å²) in [6.45, 7) is 6.00. The number of alkyl halides is 1. The Bertz CT molecular complexity index is 123. The van der Waals surface area contributed by atoms with Crippen LogP contribution in [0.5, 0.6) is 0 Å². The van der Waals surface area contributed by atoms with E-state index >= 15 is 0 Å². The second-order valence-corrected chi connectivity index (χ2v) is 3.64. The molecule has 0 aromatic heterocycles. The summed E-state index contributed by atoms with van der Waals surface area (Å²) in [6, 6.07) is 0. The van der Waals surface area contributed by atoms with Gasteiger partial charge in [-0.25, -0.2) is 0 Å². The van der Waals surface area contributed by atoms with Crippen LogP contribution < -0.4 is 0 Å². The van der Waals surface area contributed by atoms with E-state index in [9.17, 15) is 4.79 Å². The van der Waals surface area contributed by atoms with E-state index in [2.05, 4.69) is 29.1 Å². The number of Topliss-reactive ketones (excluding diaryl/α,β-unsaturated/α-hetero) is 1. The van der Waals surface area contributed by atoms with Gasteiger partial charge in [-0.3, -0.25) is 4.79 Å². The number of halogens is 1. The van der Waals surface area contributed by atoms with Gasteiger partial charge < -0.3 is 0 Å². The maximum atomic E-state index is 11.0. The fourth-order valence-electron chi connectivity index (χ4n) is 1.12. The summed E-state index contributed by atoms with van der Waals surface area (Å²) < 4.78 is 0. The Labute approximate surface area is 77.0 Å². The predicted molar refractivity (Wildman–Crippen MR) is 52.1 cm³/mol. The van der Waals surface area contributed by atoms with Crippen molar-refractivity contribution in [3.8, 4) is 0 Å². The lowest BCUT2D eigenvalue weighted by Crippen LogP contribution is -2.10. The molecule has 1 saturated carbocycles. The Hall–Kier alpha value is -0.110. The first kappa shape index (κ1) is 10.9. The molecule has 0 spiro atoms. The Morgan fingerprint density at radius 2 is 1.91 bits per heavy atom. The van der Waals surface area contributed by atoms with Crippen LogP contribution in [0.3, 0.4) is 0 Å². The van der Waals surface area contributed by atoms with Crippen LogP contribution in [0.1, 0.15) is 32.1 Å². The quantitative estimate of drug-likeness (QED) is 0.347. The molecular weight excluding hydrogens is 204 g/mol. The van der Waals surface area contributed by atoms with E-state index in [1.165, 1.54) is 12.8 Å². The fraction of sp³-hybridized carbons (Fsp3) is 0.667. The fourth-order valence-corrected chi connectivity index (χ4v) is 1.67. The van der Waals surface area contributed by atoms with Crippen molar-refractivity contribution in [2.75, 3.05) is 0 Å². The third-order valence-electron chi connectivity index (χ3n) is 1.73. The van der Waals surface area contributed by atoms with Crippen molar-refractivity contribution in [1.29, 1.82) is 0 Å². The summed E-state index contributed by atoms with van der Waals surface area (Å²) in [4.78, 5) is 11.1. The van der Waals surface area contributed by atoms with Crippen LogP contribution in [0, 0.1) is 0 Å². The lowest BCUT2D eigenvalue weighted by molar-refractivity contribution is -0.118. The van der Waals surface area contributed by atoms with Crippen molar-refractivity contribution in [3.05, 3.63) is 13.2 Å². The zero-order valence-electron chi connectivity index (χ0n) is 6.81. The van der Waals surface area contributed by atoms with Gasteiger partial charge in [-0.05, 0) is 12.8 Å². The monoisotopic (exact) mass is 218 g/mol. The van der Waals surface area contributed by atoms with E-state index in [1.807, 2.05) is 0 Å². The van der Waals surface area contributed by atoms with E-state index in [0.717, 1.165) is 19.3 Å². The molecule has 0 bridgehead atoms. The van der Waals surface area contributed by atoms with Crippen molar-refractivity contribution in [2.24, 2.45) is 0 Å². The number of rotatable bonds is 0. The highest BCUT2D eigenvalue weighted by Crippen LogP contribution is 2.19. The summed E-state index contributed by atoms with van der Waals surface area (Å²) in [5.41, 5.74) is 0. The maximum absolute atomic E-state index is 11.0. The van der Waals surface area contributed by atoms with Crippen molar-refractivity contribution >= 4 is 21.7 Å². The van der Waals surface area contributed by atoms with Crippen LogP contribution in [0.2, 0.25) is 0 Å². The highest BCUT2D eigenvalue weighted by atomic mass is 79.9. The average Bonchev–Trinajstić information content (AvgIpc) is 2.22. The SMILES string of the molecule is C=C.O=C1CCCCCC1Br. The van der Waals surface area contributed by atoms with Crippen LogP contribution in [0.4, 0.5) is 0 Å². The van der Waals surface area contributed by atoms with E-state index in [4.69, 9.17) is 0 Å². The van der Waals surface area contributed by atoms with Crippen molar-refractivity contribution in [2.45, 2.75) is 36.9 Å². The number of carbonyl (C=O) groups excluding carboxylic acids is 1. The lowest BCUT2D eigenvalue weighted by Gasteiger charge is -2.00. The normalized spacial score (nSPS) is 24.8. The van der Waals surface area contributed by atoms with Crippen molar-refractivity contribution in [1.82, 2.24) is 0 Å². The van der Waals surface area contributed by atoms with Crippen molar-refractivity contribution in [3.63, 3.8) is 0 Å². The second kappa shape index (κ2) is 6.59.